The van der Waals surface area contributed by atoms with Crippen molar-refractivity contribution in [3.05, 3.63) is 22.4 Å². The first kappa shape index (κ1) is 9.19. The Bertz CT molecular complexity index is 239. The summed E-state index contributed by atoms with van der Waals surface area (Å²) in [5.41, 5.74) is 1.46. The molecule has 1 aromatic heterocycles. The van der Waals surface area contributed by atoms with Crippen molar-refractivity contribution in [1.82, 2.24) is 10.2 Å². The Labute approximate surface area is 83.6 Å². The lowest BCUT2D eigenvalue weighted by Crippen LogP contribution is -2.44. The lowest BCUT2D eigenvalue weighted by Gasteiger charge is -2.32. The Morgan fingerprint density at radius 1 is 1.46 bits per heavy atom. The number of thiophene rings is 1. The lowest BCUT2D eigenvalue weighted by molar-refractivity contribution is 0.186. The largest absolute Gasteiger partial charge is 0.314 e. The number of rotatable bonds is 2. The number of piperazine rings is 1. The lowest BCUT2D eigenvalue weighted by atomic mass is 10.1. The molecule has 1 aromatic rings. The van der Waals surface area contributed by atoms with Crippen molar-refractivity contribution in [2.24, 2.45) is 0 Å². The Kier molecular flexibility index (Phi) is 2.98. The molecule has 1 aliphatic rings. The van der Waals surface area contributed by atoms with Crippen LogP contribution in [-0.2, 0) is 0 Å². The number of hydrogen-bond donors (Lipinski definition) is 1. The molecular weight excluding hydrogens is 180 g/mol. The molecule has 1 unspecified atom stereocenters. The van der Waals surface area contributed by atoms with E-state index < -0.39 is 0 Å². The van der Waals surface area contributed by atoms with Gasteiger partial charge in [0.15, 0.2) is 0 Å². The predicted molar refractivity (Wildman–Crippen MR) is 57.2 cm³/mol. The van der Waals surface area contributed by atoms with E-state index in [1.165, 1.54) is 18.7 Å². The highest BCUT2D eigenvalue weighted by molar-refractivity contribution is 7.07. The molecule has 0 saturated carbocycles. The van der Waals surface area contributed by atoms with Crippen LogP contribution in [0.2, 0.25) is 0 Å². The third-order valence-corrected chi connectivity index (χ3v) is 3.43. The molecule has 0 bridgehead atoms. The van der Waals surface area contributed by atoms with E-state index in [1.807, 2.05) is 0 Å². The van der Waals surface area contributed by atoms with Crippen LogP contribution >= 0.6 is 11.3 Å². The SMILES string of the molecule is CC(c1ccsc1)N1CCNCC1. The summed E-state index contributed by atoms with van der Waals surface area (Å²) in [6.07, 6.45) is 0. The molecule has 0 amide bonds. The van der Waals surface area contributed by atoms with E-state index in [-0.39, 0.29) is 0 Å². The van der Waals surface area contributed by atoms with Gasteiger partial charge in [0.2, 0.25) is 0 Å². The maximum absolute atomic E-state index is 3.38. The van der Waals surface area contributed by atoms with Gasteiger partial charge in [0.25, 0.3) is 0 Å². The van der Waals surface area contributed by atoms with E-state index >= 15 is 0 Å². The first-order valence-electron chi connectivity index (χ1n) is 4.85. The monoisotopic (exact) mass is 196 g/mol. The van der Waals surface area contributed by atoms with Gasteiger partial charge in [-0.1, -0.05) is 0 Å². The van der Waals surface area contributed by atoms with Crippen LogP contribution in [0.4, 0.5) is 0 Å². The molecule has 2 rings (SSSR count). The van der Waals surface area contributed by atoms with Crippen LogP contribution in [0.5, 0.6) is 0 Å². The minimum Gasteiger partial charge on any atom is -0.314 e. The zero-order valence-electron chi connectivity index (χ0n) is 7.99. The van der Waals surface area contributed by atoms with Gasteiger partial charge in [-0.3, -0.25) is 4.90 Å². The van der Waals surface area contributed by atoms with Gasteiger partial charge >= 0.3 is 0 Å². The average molecular weight is 196 g/mol. The van der Waals surface area contributed by atoms with Crippen molar-refractivity contribution < 1.29 is 0 Å². The number of hydrogen-bond acceptors (Lipinski definition) is 3. The topological polar surface area (TPSA) is 15.3 Å². The molecule has 1 fully saturated rings. The molecule has 0 spiro atoms. The van der Waals surface area contributed by atoms with Crippen LogP contribution in [-0.4, -0.2) is 31.1 Å². The van der Waals surface area contributed by atoms with Crippen LogP contribution in [0.25, 0.3) is 0 Å². The zero-order valence-corrected chi connectivity index (χ0v) is 8.81. The molecule has 1 saturated heterocycles. The number of nitrogens with one attached hydrogen (secondary N) is 1. The summed E-state index contributed by atoms with van der Waals surface area (Å²) < 4.78 is 0. The highest BCUT2D eigenvalue weighted by Gasteiger charge is 2.17. The molecule has 2 heterocycles. The fourth-order valence-corrected chi connectivity index (χ4v) is 2.54. The highest BCUT2D eigenvalue weighted by Crippen LogP contribution is 2.22. The standard InChI is InChI=1S/C10H16N2S/c1-9(10-2-7-13-8-10)12-5-3-11-4-6-12/h2,7-9,11H,3-6H2,1H3. The Balaban J connectivity index is 1.99. The minimum atomic E-state index is 0.591. The molecular formula is C10H16N2S. The Morgan fingerprint density at radius 3 is 2.85 bits per heavy atom. The molecule has 2 nitrogen and oxygen atoms in total. The van der Waals surface area contributed by atoms with Gasteiger partial charge in [0, 0.05) is 32.2 Å². The van der Waals surface area contributed by atoms with Crippen LogP contribution in [0.15, 0.2) is 16.8 Å². The van der Waals surface area contributed by atoms with Crippen molar-refractivity contribution in [1.29, 1.82) is 0 Å². The predicted octanol–water partition coefficient (Wildman–Crippen LogP) is 1.71. The van der Waals surface area contributed by atoms with E-state index in [0.717, 1.165) is 13.1 Å². The smallest absolute Gasteiger partial charge is 0.0329 e. The molecule has 72 valence electrons. The summed E-state index contributed by atoms with van der Waals surface area (Å²) in [7, 11) is 0. The van der Waals surface area contributed by atoms with Crippen molar-refractivity contribution in [3.63, 3.8) is 0 Å². The van der Waals surface area contributed by atoms with E-state index in [0.29, 0.717) is 6.04 Å². The molecule has 1 aliphatic heterocycles. The van der Waals surface area contributed by atoms with E-state index in [2.05, 4.69) is 34.0 Å². The van der Waals surface area contributed by atoms with Crippen LogP contribution in [0, 0.1) is 0 Å². The van der Waals surface area contributed by atoms with Gasteiger partial charge in [-0.05, 0) is 29.3 Å². The minimum absolute atomic E-state index is 0.591. The maximum Gasteiger partial charge on any atom is 0.0329 e. The molecule has 0 aromatic carbocycles. The summed E-state index contributed by atoms with van der Waals surface area (Å²) in [6.45, 7) is 6.92. The first-order chi connectivity index (χ1) is 6.38. The highest BCUT2D eigenvalue weighted by atomic mass is 32.1. The Hall–Kier alpha value is -0.380. The molecule has 0 aliphatic carbocycles. The van der Waals surface area contributed by atoms with Gasteiger partial charge in [-0.25, -0.2) is 0 Å². The van der Waals surface area contributed by atoms with Crippen molar-refractivity contribution in [2.45, 2.75) is 13.0 Å². The van der Waals surface area contributed by atoms with E-state index in [9.17, 15) is 0 Å². The van der Waals surface area contributed by atoms with E-state index in [4.69, 9.17) is 0 Å². The quantitative estimate of drug-likeness (QED) is 0.774. The van der Waals surface area contributed by atoms with E-state index in [1.54, 1.807) is 11.3 Å². The third kappa shape index (κ3) is 2.10. The third-order valence-electron chi connectivity index (χ3n) is 2.72. The van der Waals surface area contributed by atoms with Crippen molar-refractivity contribution >= 4 is 11.3 Å². The molecule has 13 heavy (non-hydrogen) atoms. The second kappa shape index (κ2) is 4.22. The second-order valence-electron chi connectivity index (χ2n) is 3.52. The normalized spacial score (nSPS) is 21.6. The molecule has 3 heteroatoms. The van der Waals surface area contributed by atoms with Gasteiger partial charge in [-0.15, -0.1) is 0 Å². The van der Waals surface area contributed by atoms with Gasteiger partial charge in [-0.2, -0.15) is 11.3 Å². The fraction of sp³-hybridized carbons (Fsp3) is 0.600. The van der Waals surface area contributed by atoms with Gasteiger partial charge in [0.05, 0.1) is 0 Å². The molecule has 0 radical (unpaired) electrons. The van der Waals surface area contributed by atoms with Crippen molar-refractivity contribution in [3.8, 4) is 0 Å². The summed E-state index contributed by atoms with van der Waals surface area (Å²) in [6, 6.07) is 2.82. The average Bonchev–Trinajstić information content (AvgIpc) is 2.71. The molecule has 1 N–H and O–H groups in total. The van der Waals surface area contributed by atoms with Gasteiger partial charge in [0.1, 0.15) is 0 Å². The maximum atomic E-state index is 3.38. The zero-order chi connectivity index (χ0) is 9.10. The van der Waals surface area contributed by atoms with Crippen LogP contribution in [0.1, 0.15) is 18.5 Å². The fourth-order valence-electron chi connectivity index (χ4n) is 1.79. The molecule has 1 atom stereocenters. The Morgan fingerprint density at radius 2 is 2.23 bits per heavy atom. The van der Waals surface area contributed by atoms with Crippen LogP contribution < -0.4 is 5.32 Å². The van der Waals surface area contributed by atoms with Crippen LogP contribution in [0.3, 0.4) is 0 Å². The summed E-state index contributed by atoms with van der Waals surface area (Å²) in [4.78, 5) is 2.54. The summed E-state index contributed by atoms with van der Waals surface area (Å²) in [5, 5.41) is 7.79. The number of nitrogens with zero attached hydrogens (tertiary/aromatic N) is 1. The van der Waals surface area contributed by atoms with Crippen molar-refractivity contribution in [2.75, 3.05) is 26.2 Å². The summed E-state index contributed by atoms with van der Waals surface area (Å²) in [5.74, 6) is 0. The van der Waals surface area contributed by atoms with Gasteiger partial charge < -0.3 is 5.32 Å². The first-order valence-corrected chi connectivity index (χ1v) is 5.79. The summed E-state index contributed by atoms with van der Waals surface area (Å²) >= 11 is 1.79. The second-order valence-corrected chi connectivity index (χ2v) is 4.30.